The molecule has 0 radical (unpaired) electrons. The van der Waals surface area contributed by atoms with Crippen molar-refractivity contribution in [3.05, 3.63) is 0 Å². The summed E-state index contributed by atoms with van der Waals surface area (Å²) in [5, 5.41) is 0. The van der Waals surface area contributed by atoms with E-state index in [9.17, 15) is 8.42 Å². The smallest absolute Gasteiger partial charge is 0.212 e. The van der Waals surface area contributed by atoms with Crippen LogP contribution in [0.5, 0.6) is 0 Å². The van der Waals surface area contributed by atoms with Gasteiger partial charge in [0, 0.05) is 5.54 Å². The van der Waals surface area contributed by atoms with Crippen molar-refractivity contribution in [2.75, 3.05) is 12.3 Å². The minimum absolute atomic E-state index is 0.204. The fraction of sp³-hybridized carbons (Fsp3) is 1.00. The van der Waals surface area contributed by atoms with E-state index in [0.717, 1.165) is 51.4 Å². The van der Waals surface area contributed by atoms with Crippen LogP contribution >= 0.6 is 0 Å². The van der Waals surface area contributed by atoms with Crippen molar-refractivity contribution in [1.82, 2.24) is 4.72 Å². The molecule has 1 fully saturated rings. The predicted molar refractivity (Wildman–Crippen MR) is 75.9 cm³/mol. The molecule has 0 spiro atoms. The number of nitrogens with one attached hydrogen (secondary N) is 1. The summed E-state index contributed by atoms with van der Waals surface area (Å²) in [6, 6.07) is 0. The van der Waals surface area contributed by atoms with Crippen molar-refractivity contribution in [1.29, 1.82) is 0 Å². The quantitative estimate of drug-likeness (QED) is 0.713. The van der Waals surface area contributed by atoms with Gasteiger partial charge in [0.05, 0.1) is 5.75 Å². The average molecular weight is 276 g/mol. The molecule has 4 nitrogen and oxygen atoms in total. The van der Waals surface area contributed by atoms with Gasteiger partial charge in [-0.1, -0.05) is 32.6 Å². The molecule has 0 amide bonds. The van der Waals surface area contributed by atoms with Gasteiger partial charge in [0.15, 0.2) is 0 Å². The monoisotopic (exact) mass is 276 g/mol. The fourth-order valence-electron chi connectivity index (χ4n) is 2.79. The second kappa shape index (κ2) is 7.46. The molecule has 1 aliphatic rings. The highest BCUT2D eigenvalue weighted by molar-refractivity contribution is 7.89. The summed E-state index contributed by atoms with van der Waals surface area (Å²) >= 11 is 0. The topological polar surface area (TPSA) is 72.2 Å². The van der Waals surface area contributed by atoms with Gasteiger partial charge in [-0.25, -0.2) is 13.1 Å². The van der Waals surface area contributed by atoms with Crippen molar-refractivity contribution >= 4 is 10.0 Å². The molecule has 0 saturated heterocycles. The normalized spacial score (nSPS) is 19.9. The molecule has 1 aliphatic carbocycles. The Balaban J connectivity index is 2.65. The molecule has 0 heterocycles. The molecule has 0 atom stereocenters. The summed E-state index contributed by atoms with van der Waals surface area (Å²) in [7, 11) is -3.12. The minimum Gasteiger partial charge on any atom is -0.330 e. The lowest BCUT2D eigenvalue weighted by molar-refractivity contribution is 0.248. The van der Waals surface area contributed by atoms with E-state index in [-0.39, 0.29) is 11.3 Å². The first-order chi connectivity index (χ1) is 8.54. The lowest BCUT2D eigenvalue weighted by Gasteiger charge is -2.38. The number of hydrogen-bond acceptors (Lipinski definition) is 3. The van der Waals surface area contributed by atoms with Crippen LogP contribution in [-0.2, 0) is 10.0 Å². The Kier molecular flexibility index (Phi) is 6.60. The van der Waals surface area contributed by atoms with Crippen molar-refractivity contribution in [3.8, 4) is 0 Å². The maximum atomic E-state index is 12.1. The Morgan fingerprint density at radius 3 is 2.39 bits per heavy atom. The number of nitrogens with two attached hydrogens (primary N) is 1. The summed E-state index contributed by atoms with van der Waals surface area (Å²) in [6.45, 7) is 2.65. The van der Waals surface area contributed by atoms with Crippen LogP contribution in [0, 0.1) is 0 Å². The molecule has 0 unspecified atom stereocenters. The number of hydrogen-bond donors (Lipinski definition) is 2. The molecular weight excluding hydrogens is 248 g/mol. The molecule has 0 bridgehead atoms. The Labute approximate surface area is 112 Å². The van der Waals surface area contributed by atoms with Crippen LogP contribution in [0.25, 0.3) is 0 Å². The lowest BCUT2D eigenvalue weighted by atomic mass is 9.79. The first kappa shape index (κ1) is 15.9. The summed E-state index contributed by atoms with van der Waals surface area (Å²) in [4.78, 5) is 0. The summed E-state index contributed by atoms with van der Waals surface area (Å²) in [5.74, 6) is 0.258. The van der Waals surface area contributed by atoms with E-state index >= 15 is 0 Å². The maximum Gasteiger partial charge on any atom is 0.212 e. The third-order valence-corrected chi connectivity index (χ3v) is 5.38. The van der Waals surface area contributed by atoms with E-state index in [1.165, 1.54) is 6.42 Å². The van der Waals surface area contributed by atoms with Gasteiger partial charge < -0.3 is 5.73 Å². The van der Waals surface area contributed by atoms with Crippen LogP contribution in [0.3, 0.4) is 0 Å². The van der Waals surface area contributed by atoms with E-state index in [4.69, 9.17) is 5.73 Å². The van der Waals surface area contributed by atoms with Crippen molar-refractivity contribution in [2.45, 2.75) is 70.3 Å². The number of sulfonamides is 1. The first-order valence-corrected chi connectivity index (χ1v) is 8.90. The van der Waals surface area contributed by atoms with Gasteiger partial charge in [-0.2, -0.15) is 0 Å². The SMILES string of the molecule is CCCCS(=O)(=O)NC1(CCCN)CCCCC1. The molecule has 0 aromatic rings. The molecule has 108 valence electrons. The Morgan fingerprint density at radius 2 is 1.83 bits per heavy atom. The Hall–Kier alpha value is -0.130. The van der Waals surface area contributed by atoms with Crippen LogP contribution in [0.2, 0.25) is 0 Å². The average Bonchev–Trinajstić information content (AvgIpc) is 2.35. The van der Waals surface area contributed by atoms with E-state index in [2.05, 4.69) is 4.72 Å². The zero-order valence-electron chi connectivity index (χ0n) is 11.6. The van der Waals surface area contributed by atoms with Crippen molar-refractivity contribution < 1.29 is 8.42 Å². The predicted octanol–water partition coefficient (Wildman–Crippen LogP) is 2.15. The second-order valence-electron chi connectivity index (χ2n) is 5.51. The summed E-state index contributed by atoms with van der Waals surface area (Å²) in [5.41, 5.74) is 5.37. The summed E-state index contributed by atoms with van der Waals surface area (Å²) < 4.78 is 27.2. The van der Waals surface area contributed by atoms with E-state index in [1.807, 2.05) is 6.92 Å². The lowest BCUT2D eigenvalue weighted by Crippen LogP contribution is -2.50. The number of rotatable bonds is 8. The van der Waals surface area contributed by atoms with Gasteiger partial charge in [-0.15, -0.1) is 0 Å². The van der Waals surface area contributed by atoms with Gasteiger partial charge in [0.25, 0.3) is 0 Å². The van der Waals surface area contributed by atoms with Crippen molar-refractivity contribution in [3.63, 3.8) is 0 Å². The van der Waals surface area contributed by atoms with Crippen LogP contribution < -0.4 is 10.5 Å². The highest BCUT2D eigenvalue weighted by Gasteiger charge is 2.34. The minimum atomic E-state index is -3.12. The van der Waals surface area contributed by atoms with E-state index < -0.39 is 10.0 Å². The maximum absolute atomic E-state index is 12.1. The van der Waals surface area contributed by atoms with Crippen LogP contribution in [0.4, 0.5) is 0 Å². The Morgan fingerprint density at radius 1 is 1.17 bits per heavy atom. The molecule has 1 rings (SSSR count). The Bertz CT molecular complexity index is 322. The molecule has 0 aromatic heterocycles. The van der Waals surface area contributed by atoms with Gasteiger partial charge >= 0.3 is 0 Å². The van der Waals surface area contributed by atoms with Gasteiger partial charge in [0.2, 0.25) is 10.0 Å². The zero-order chi connectivity index (χ0) is 13.5. The third-order valence-electron chi connectivity index (χ3n) is 3.81. The largest absolute Gasteiger partial charge is 0.330 e. The molecule has 0 aliphatic heterocycles. The first-order valence-electron chi connectivity index (χ1n) is 7.25. The third kappa shape index (κ3) is 5.24. The molecule has 18 heavy (non-hydrogen) atoms. The fourth-order valence-corrected chi connectivity index (χ4v) is 4.52. The van der Waals surface area contributed by atoms with Gasteiger partial charge in [0.1, 0.15) is 0 Å². The van der Waals surface area contributed by atoms with Crippen molar-refractivity contribution in [2.24, 2.45) is 5.73 Å². The zero-order valence-corrected chi connectivity index (χ0v) is 12.4. The van der Waals surface area contributed by atoms with Gasteiger partial charge in [-0.3, -0.25) is 0 Å². The van der Waals surface area contributed by atoms with Crippen LogP contribution in [0.15, 0.2) is 0 Å². The second-order valence-corrected chi connectivity index (χ2v) is 7.35. The van der Waals surface area contributed by atoms with Gasteiger partial charge in [-0.05, 0) is 38.6 Å². The number of unbranched alkanes of at least 4 members (excludes halogenated alkanes) is 1. The van der Waals surface area contributed by atoms with Crippen LogP contribution in [-0.4, -0.2) is 26.3 Å². The molecule has 3 N–H and O–H groups in total. The van der Waals surface area contributed by atoms with E-state index in [1.54, 1.807) is 0 Å². The highest BCUT2D eigenvalue weighted by Crippen LogP contribution is 2.32. The summed E-state index contributed by atoms with van der Waals surface area (Å²) in [6.07, 6.45) is 8.85. The van der Waals surface area contributed by atoms with E-state index in [0.29, 0.717) is 6.54 Å². The molecule has 1 saturated carbocycles. The molecular formula is C13H28N2O2S. The molecule has 5 heteroatoms. The van der Waals surface area contributed by atoms with Crippen LogP contribution in [0.1, 0.15) is 64.7 Å². The molecule has 0 aromatic carbocycles. The standard InChI is InChI=1S/C13H28N2O2S/c1-2-3-12-18(16,17)15-13(10-7-11-14)8-5-4-6-9-13/h15H,2-12,14H2,1H3. The highest BCUT2D eigenvalue weighted by atomic mass is 32.2.